The number of aromatic hydroxyl groups is 1. The number of methoxy groups -OCH3 is 2. The molecule has 4 aromatic rings. The summed E-state index contributed by atoms with van der Waals surface area (Å²) in [6, 6.07) is 18.8. The summed E-state index contributed by atoms with van der Waals surface area (Å²) < 4.78 is 25.1. The van der Waals surface area contributed by atoms with Crippen LogP contribution in [0.3, 0.4) is 0 Å². The third-order valence-corrected chi connectivity index (χ3v) is 9.42. The lowest BCUT2D eigenvalue weighted by Crippen LogP contribution is -2.34. The van der Waals surface area contributed by atoms with E-state index >= 15 is 0 Å². The Morgan fingerprint density at radius 3 is 2.43 bits per heavy atom. The van der Waals surface area contributed by atoms with Crippen LogP contribution in [0, 0.1) is 0 Å². The first-order chi connectivity index (χ1) is 20.5. The number of fused-ring (bicyclic) bond motifs is 5. The van der Waals surface area contributed by atoms with Gasteiger partial charge in [-0.3, -0.25) is 4.90 Å². The highest BCUT2D eigenvalue weighted by molar-refractivity contribution is 5.77. The molecule has 2 N–H and O–H groups in total. The molecule has 214 valence electrons. The van der Waals surface area contributed by atoms with Crippen LogP contribution >= 0.6 is 0 Å². The molecule has 4 heterocycles. The molecule has 0 aromatic heterocycles. The van der Waals surface area contributed by atoms with Crippen LogP contribution in [-0.4, -0.2) is 44.4 Å². The maximum Gasteiger partial charge on any atom is 0.212 e. The monoisotopic (exact) mass is 562 g/mol. The number of likely N-dealkylation sites (N-methyl/N-ethyl adjacent to an activating group) is 1. The molecule has 4 aliphatic heterocycles. The first-order valence-corrected chi connectivity index (χ1v) is 14.7. The first kappa shape index (κ1) is 25.5. The summed E-state index contributed by atoms with van der Waals surface area (Å²) in [5.74, 6) is 4.55. The SMILES string of the molecule is COc1ccc2cc1-c1cc(ccc1O)C[C@H]1NCCc3cc4c(cc31)Oc1c(c(OC)cc3c1C(C2)N(C)CC3)O4. The van der Waals surface area contributed by atoms with Gasteiger partial charge >= 0.3 is 0 Å². The van der Waals surface area contributed by atoms with Crippen LogP contribution < -0.4 is 24.3 Å². The highest BCUT2D eigenvalue weighted by Gasteiger charge is 2.36. The number of hydrogen-bond acceptors (Lipinski definition) is 7. The van der Waals surface area contributed by atoms with Gasteiger partial charge in [-0.1, -0.05) is 12.1 Å². The van der Waals surface area contributed by atoms with Gasteiger partial charge in [0.05, 0.1) is 14.2 Å². The second kappa shape index (κ2) is 9.68. The van der Waals surface area contributed by atoms with E-state index in [1.165, 1.54) is 16.7 Å². The van der Waals surface area contributed by atoms with Crippen molar-refractivity contribution in [2.24, 2.45) is 0 Å². The Bertz CT molecular complexity index is 1750. The van der Waals surface area contributed by atoms with E-state index < -0.39 is 0 Å². The van der Waals surface area contributed by atoms with Gasteiger partial charge in [0.1, 0.15) is 11.5 Å². The maximum absolute atomic E-state index is 11.1. The molecule has 0 saturated carbocycles. The number of phenols is 1. The minimum Gasteiger partial charge on any atom is -0.507 e. The van der Waals surface area contributed by atoms with E-state index in [0.717, 1.165) is 89.6 Å². The van der Waals surface area contributed by atoms with Crippen LogP contribution in [0.5, 0.6) is 40.2 Å². The Labute approximate surface area is 245 Å². The number of hydrogen-bond donors (Lipinski definition) is 2. The lowest BCUT2D eigenvalue weighted by atomic mass is 9.86. The fraction of sp³-hybridized carbons (Fsp3) is 0.314. The summed E-state index contributed by atoms with van der Waals surface area (Å²) >= 11 is 0. The summed E-state index contributed by atoms with van der Waals surface area (Å²) in [7, 11) is 5.55. The summed E-state index contributed by atoms with van der Waals surface area (Å²) in [6.45, 7) is 1.79. The van der Waals surface area contributed by atoms with Crippen LogP contribution in [0.1, 0.15) is 45.5 Å². The summed E-state index contributed by atoms with van der Waals surface area (Å²) in [6.07, 6.45) is 3.34. The maximum atomic E-state index is 11.1. The van der Waals surface area contributed by atoms with E-state index in [1.807, 2.05) is 12.1 Å². The van der Waals surface area contributed by atoms with Gasteiger partial charge in [-0.2, -0.15) is 0 Å². The minimum atomic E-state index is 0.0553. The summed E-state index contributed by atoms with van der Waals surface area (Å²) in [5.41, 5.74) is 8.80. The van der Waals surface area contributed by atoms with Crippen molar-refractivity contribution in [1.82, 2.24) is 10.2 Å². The van der Waals surface area contributed by atoms with Crippen molar-refractivity contribution in [3.05, 3.63) is 88.0 Å². The molecule has 7 nitrogen and oxygen atoms in total. The predicted octanol–water partition coefficient (Wildman–Crippen LogP) is 6.49. The van der Waals surface area contributed by atoms with Gasteiger partial charge in [0.25, 0.3) is 0 Å². The number of phenolic OH excluding ortho intramolecular Hbond substituents is 1. The zero-order chi connectivity index (χ0) is 28.5. The third-order valence-electron chi connectivity index (χ3n) is 9.42. The molecule has 0 aliphatic carbocycles. The van der Waals surface area contributed by atoms with Gasteiger partial charge in [0, 0.05) is 35.3 Å². The normalized spacial score (nSPS) is 20.0. The van der Waals surface area contributed by atoms with E-state index in [4.69, 9.17) is 18.9 Å². The van der Waals surface area contributed by atoms with Crippen LogP contribution in [0.4, 0.5) is 0 Å². The fourth-order valence-electron chi connectivity index (χ4n) is 7.22. The number of nitrogens with one attached hydrogen (secondary N) is 1. The average molecular weight is 563 g/mol. The highest BCUT2D eigenvalue weighted by atomic mass is 16.6. The van der Waals surface area contributed by atoms with Gasteiger partial charge < -0.3 is 29.4 Å². The summed E-state index contributed by atoms with van der Waals surface area (Å²) in [4.78, 5) is 2.39. The van der Waals surface area contributed by atoms with Crippen molar-refractivity contribution >= 4 is 0 Å². The van der Waals surface area contributed by atoms with E-state index in [2.05, 4.69) is 53.7 Å². The molecular weight excluding hydrogens is 528 g/mol. The molecule has 2 atom stereocenters. The molecule has 4 aliphatic rings. The zero-order valence-corrected chi connectivity index (χ0v) is 24.1. The highest BCUT2D eigenvalue weighted by Crippen LogP contribution is 2.56. The van der Waals surface area contributed by atoms with Gasteiger partial charge in [0.15, 0.2) is 23.0 Å². The number of ether oxygens (including phenoxy) is 4. The van der Waals surface area contributed by atoms with Crippen molar-refractivity contribution in [2.75, 3.05) is 34.4 Å². The lowest BCUT2D eigenvalue weighted by molar-refractivity contribution is 0.220. The van der Waals surface area contributed by atoms with Gasteiger partial charge in [0.2, 0.25) is 5.75 Å². The Balaban J connectivity index is 1.39. The van der Waals surface area contributed by atoms with E-state index in [1.54, 1.807) is 20.3 Å². The molecule has 0 spiro atoms. The Morgan fingerprint density at radius 1 is 0.810 bits per heavy atom. The van der Waals surface area contributed by atoms with Gasteiger partial charge in [-0.15, -0.1) is 0 Å². The number of rotatable bonds is 2. The zero-order valence-electron chi connectivity index (χ0n) is 24.1. The van der Waals surface area contributed by atoms with E-state index in [-0.39, 0.29) is 17.8 Å². The standard InChI is InChI=1S/C35H34N2O5/c1-37-11-9-22-17-32(40-3)34-35-33(22)27(37)15-20-5-7-29(39-2)25(13-20)24-12-19(4-6-28(24)38)14-26-23-18-31(42-35)30(41-34)16-21(23)8-10-36-26/h4-7,12-13,16-18,26-27,36,38H,8-11,14-15H2,1-3H3/t26-,27?/m1/s1. The van der Waals surface area contributed by atoms with Crippen molar-refractivity contribution in [2.45, 2.75) is 37.8 Å². The number of benzene rings is 4. The Hall–Kier alpha value is -4.20. The van der Waals surface area contributed by atoms with Crippen LogP contribution in [-0.2, 0) is 25.7 Å². The van der Waals surface area contributed by atoms with Crippen molar-refractivity contribution < 1.29 is 24.1 Å². The van der Waals surface area contributed by atoms with Crippen LogP contribution in [0.25, 0.3) is 11.1 Å². The molecule has 0 saturated heterocycles. The first-order valence-electron chi connectivity index (χ1n) is 14.7. The smallest absolute Gasteiger partial charge is 0.212 e. The lowest BCUT2D eigenvalue weighted by Gasteiger charge is -2.38. The Morgan fingerprint density at radius 2 is 1.57 bits per heavy atom. The second-order valence-corrected chi connectivity index (χ2v) is 11.8. The molecule has 0 amide bonds. The van der Waals surface area contributed by atoms with Crippen molar-refractivity contribution in [1.29, 1.82) is 0 Å². The number of nitrogens with zero attached hydrogens (tertiary/aromatic N) is 1. The average Bonchev–Trinajstić information content (AvgIpc) is 3.00. The molecular formula is C35H34N2O5. The van der Waals surface area contributed by atoms with Crippen LogP contribution in [0.2, 0.25) is 0 Å². The van der Waals surface area contributed by atoms with E-state index in [0.29, 0.717) is 11.5 Å². The van der Waals surface area contributed by atoms with Crippen molar-refractivity contribution in [3.8, 4) is 51.4 Å². The van der Waals surface area contributed by atoms with Crippen molar-refractivity contribution in [3.63, 3.8) is 0 Å². The topological polar surface area (TPSA) is 72.4 Å². The van der Waals surface area contributed by atoms with Crippen LogP contribution in [0.15, 0.2) is 54.6 Å². The molecule has 42 heavy (non-hydrogen) atoms. The quantitative estimate of drug-likeness (QED) is 0.255. The minimum absolute atomic E-state index is 0.0553. The largest absolute Gasteiger partial charge is 0.507 e. The molecule has 7 bridgehead atoms. The second-order valence-electron chi connectivity index (χ2n) is 11.8. The molecule has 0 fully saturated rings. The molecule has 4 aromatic carbocycles. The fourth-order valence-corrected chi connectivity index (χ4v) is 7.22. The van der Waals surface area contributed by atoms with Gasteiger partial charge in [-0.25, -0.2) is 0 Å². The molecule has 8 rings (SSSR count). The Kier molecular flexibility index (Phi) is 5.88. The van der Waals surface area contributed by atoms with Gasteiger partial charge in [-0.05, 0) is 110 Å². The summed E-state index contributed by atoms with van der Waals surface area (Å²) in [5, 5.41) is 14.8. The predicted molar refractivity (Wildman–Crippen MR) is 161 cm³/mol. The van der Waals surface area contributed by atoms with E-state index in [9.17, 15) is 5.11 Å². The molecule has 1 unspecified atom stereocenters. The molecule has 0 radical (unpaired) electrons. The molecule has 7 heteroatoms. The third kappa shape index (κ3) is 3.95.